The van der Waals surface area contributed by atoms with Crippen molar-refractivity contribution in [2.75, 3.05) is 37.6 Å². The van der Waals surface area contributed by atoms with Crippen LogP contribution in [0.5, 0.6) is 0 Å². The lowest BCUT2D eigenvalue weighted by molar-refractivity contribution is -0.121. The lowest BCUT2D eigenvalue weighted by Crippen LogP contribution is -2.48. The molecule has 20 heavy (non-hydrogen) atoms. The second kappa shape index (κ2) is 7.23. The van der Waals surface area contributed by atoms with Gasteiger partial charge in [-0.1, -0.05) is 18.2 Å². The number of piperazine rings is 1. The molecule has 110 valence electrons. The Balaban J connectivity index is 0.00000147. The van der Waals surface area contributed by atoms with Gasteiger partial charge >= 0.3 is 0 Å². The molecule has 1 saturated heterocycles. The van der Waals surface area contributed by atoms with Crippen LogP contribution in [0.3, 0.4) is 0 Å². The number of Topliss-reactive ketones (excluding diaryl/α,β-unsaturated/α-hetero) is 1. The van der Waals surface area contributed by atoms with Crippen molar-refractivity contribution in [1.29, 1.82) is 0 Å². The van der Waals surface area contributed by atoms with Gasteiger partial charge in [0.05, 0.1) is 0 Å². The molecule has 4 heteroatoms. The predicted octanol–water partition coefficient (Wildman–Crippen LogP) is 2.76. The maximum atomic E-state index is 11.7. The Morgan fingerprint density at radius 3 is 2.35 bits per heavy atom. The molecule has 0 N–H and O–H groups in total. The number of hydrogen-bond donors (Lipinski definition) is 0. The SMILES string of the molecule is Br.O=C1CCCC1CN1CCN(c2ccccc2)CC1. The van der Waals surface area contributed by atoms with Gasteiger partial charge in [-0.2, -0.15) is 0 Å². The van der Waals surface area contributed by atoms with Crippen LogP contribution in [0.15, 0.2) is 30.3 Å². The van der Waals surface area contributed by atoms with Gasteiger partial charge in [-0.25, -0.2) is 0 Å². The average Bonchev–Trinajstić information content (AvgIpc) is 2.86. The molecule has 1 unspecified atom stereocenters. The standard InChI is InChI=1S/C16H22N2O.BrH/c19-16-8-4-5-14(16)13-17-9-11-18(12-10-17)15-6-2-1-3-7-15;/h1-3,6-7,14H,4-5,8-13H2;1H. The van der Waals surface area contributed by atoms with E-state index in [4.69, 9.17) is 0 Å². The highest BCUT2D eigenvalue weighted by Crippen LogP contribution is 2.23. The maximum Gasteiger partial charge on any atom is 0.137 e. The summed E-state index contributed by atoms with van der Waals surface area (Å²) in [5.74, 6) is 0.814. The van der Waals surface area contributed by atoms with Crippen LogP contribution in [-0.4, -0.2) is 43.4 Å². The summed E-state index contributed by atoms with van der Waals surface area (Å²) in [5.41, 5.74) is 1.32. The third-order valence-electron chi connectivity index (χ3n) is 4.40. The molecule has 0 amide bonds. The molecule has 1 heterocycles. The van der Waals surface area contributed by atoms with E-state index in [9.17, 15) is 4.79 Å². The van der Waals surface area contributed by atoms with Gasteiger partial charge < -0.3 is 4.90 Å². The number of rotatable bonds is 3. The molecule has 0 radical (unpaired) electrons. The van der Waals surface area contributed by atoms with Crippen LogP contribution in [0.2, 0.25) is 0 Å². The first-order valence-electron chi connectivity index (χ1n) is 7.38. The van der Waals surface area contributed by atoms with Gasteiger partial charge in [-0.15, -0.1) is 17.0 Å². The fraction of sp³-hybridized carbons (Fsp3) is 0.562. The van der Waals surface area contributed by atoms with Gasteiger partial charge in [0, 0.05) is 50.7 Å². The van der Waals surface area contributed by atoms with Crippen LogP contribution in [0.4, 0.5) is 5.69 Å². The summed E-state index contributed by atoms with van der Waals surface area (Å²) in [6.07, 6.45) is 3.03. The van der Waals surface area contributed by atoms with Crippen molar-refractivity contribution in [2.24, 2.45) is 5.92 Å². The highest BCUT2D eigenvalue weighted by Gasteiger charge is 2.27. The van der Waals surface area contributed by atoms with Gasteiger partial charge in [0.1, 0.15) is 5.78 Å². The van der Waals surface area contributed by atoms with E-state index in [0.29, 0.717) is 11.7 Å². The van der Waals surface area contributed by atoms with E-state index < -0.39 is 0 Å². The van der Waals surface area contributed by atoms with Crippen molar-refractivity contribution >= 4 is 28.5 Å². The van der Waals surface area contributed by atoms with E-state index in [2.05, 4.69) is 40.1 Å². The van der Waals surface area contributed by atoms with E-state index in [1.807, 2.05) is 0 Å². The van der Waals surface area contributed by atoms with Crippen molar-refractivity contribution in [1.82, 2.24) is 4.90 Å². The quantitative estimate of drug-likeness (QED) is 0.846. The van der Waals surface area contributed by atoms with Gasteiger partial charge in [0.25, 0.3) is 0 Å². The van der Waals surface area contributed by atoms with E-state index in [0.717, 1.165) is 52.0 Å². The molecule has 3 nitrogen and oxygen atoms in total. The molecule has 1 aliphatic heterocycles. The molecule has 2 fully saturated rings. The van der Waals surface area contributed by atoms with E-state index in [1.54, 1.807) is 0 Å². The van der Waals surface area contributed by atoms with Gasteiger partial charge in [-0.05, 0) is 25.0 Å². The lowest BCUT2D eigenvalue weighted by atomic mass is 10.1. The summed E-state index contributed by atoms with van der Waals surface area (Å²) in [4.78, 5) is 16.6. The molecule has 1 atom stereocenters. The Bertz CT molecular complexity index is 429. The molecule has 2 aliphatic rings. The van der Waals surface area contributed by atoms with Crippen molar-refractivity contribution in [3.05, 3.63) is 30.3 Å². The van der Waals surface area contributed by atoms with Gasteiger partial charge in [0.2, 0.25) is 0 Å². The summed E-state index contributed by atoms with van der Waals surface area (Å²) in [7, 11) is 0. The minimum atomic E-state index is 0. The topological polar surface area (TPSA) is 23.6 Å². The molecule has 0 bridgehead atoms. The highest BCUT2D eigenvalue weighted by molar-refractivity contribution is 8.93. The summed E-state index contributed by atoms with van der Waals surface area (Å²) in [6, 6.07) is 10.6. The predicted molar refractivity (Wildman–Crippen MR) is 87.8 cm³/mol. The molecule has 1 aliphatic carbocycles. The first-order valence-corrected chi connectivity index (χ1v) is 7.38. The first kappa shape index (κ1) is 15.5. The number of anilines is 1. The minimum absolute atomic E-state index is 0. The third kappa shape index (κ3) is 3.61. The normalized spacial score (nSPS) is 23.7. The number of ketones is 1. The molecule has 1 aromatic carbocycles. The zero-order valence-corrected chi connectivity index (χ0v) is 13.5. The molecule has 0 aromatic heterocycles. The van der Waals surface area contributed by atoms with Gasteiger partial charge in [-0.3, -0.25) is 9.69 Å². The first-order chi connectivity index (χ1) is 9.33. The number of benzene rings is 1. The Hall–Kier alpha value is -0.870. The van der Waals surface area contributed by atoms with Gasteiger partial charge in [0.15, 0.2) is 0 Å². The number of para-hydroxylation sites is 1. The number of hydrogen-bond acceptors (Lipinski definition) is 3. The van der Waals surface area contributed by atoms with Crippen molar-refractivity contribution in [3.8, 4) is 0 Å². The van der Waals surface area contributed by atoms with Crippen molar-refractivity contribution in [3.63, 3.8) is 0 Å². The van der Waals surface area contributed by atoms with Crippen LogP contribution in [0.1, 0.15) is 19.3 Å². The number of halogens is 1. The highest BCUT2D eigenvalue weighted by atomic mass is 79.9. The second-order valence-electron chi connectivity index (χ2n) is 5.68. The van der Waals surface area contributed by atoms with E-state index >= 15 is 0 Å². The lowest BCUT2D eigenvalue weighted by Gasteiger charge is -2.37. The smallest absolute Gasteiger partial charge is 0.137 e. The minimum Gasteiger partial charge on any atom is -0.369 e. The molecular weight excluding hydrogens is 316 g/mol. The molecular formula is C16H23BrN2O. The number of nitrogens with zero attached hydrogens (tertiary/aromatic N) is 2. The van der Waals surface area contributed by atoms with Crippen LogP contribution in [-0.2, 0) is 4.79 Å². The summed E-state index contributed by atoms with van der Waals surface area (Å²) < 4.78 is 0. The third-order valence-corrected chi connectivity index (χ3v) is 4.40. The van der Waals surface area contributed by atoms with E-state index in [-0.39, 0.29) is 17.0 Å². The van der Waals surface area contributed by atoms with Crippen molar-refractivity contribution in [2.45, 2.75) is 19.3 Å². The summed E-state index contributed by atoms with van der Waals surface area (Å²) >= 11 is 0. The molecule has 1 aromatic rings. The monoisotopic (exact) mass is 338 g/mol. The Morgan fingerprint density at radius 2 is 1.75 bits per heavy atom. The van der Waals surface area contributed by atoms with Crippen LogP contribution in [0, 0.1) is 5.92 Å². The zero-order chi connectivity index (χ0) is 13.1. The van der Waals surface area contributed by atoms with Crippen molar-refractivity contribution < 1.29 is 4.79 Å². The fourth-order valence-electron chi connectivity index (χ4n) is 3.22. The second-order valence-corrected chi connectivity index (χ2v) is 5.68. The molecule has 0 spiro atoms. The largest absolute Gasteiger partial charge is 0.369 e. The van der Waals surface area contributed by atoms with E-state index in [1.165, 1.54) is 5.69 Å². The Labute approximate surface area is 131 Å². The summed E-state index contributed by atoms with van der Waals surface area (Å²) in [6.45, 7) is 5.30. The van der Waals surface area contributed by atoms with Crippen LogP contribution >= 0.6 is 17.0 Å². The average molecular weight is 339 g/mol. The van der Waals surface area contributed by atoms with Crippen LogP contribution < -0.4 is 4.90 Å². The number of carbonyl (C=O) groups is 1. The fourth-order valence-corrected chi connectivity index (χ4v) is 3.22. The Kier molecular flexibility index (Phi) is 5.61. The zero-order valence-electron chi connectivity index (χ0n) is 11.8. The molecule has 3 rings (SSSR count). The maximum absolute atomic E-state index is 11.7. The number of carbonyl (C=O) groups excluding carboxylic acids is 1. The summed E-state index contributed by atoms with van der Waals surface area (Å²) in [5, 5.41) is 0. The Morgan fingerprint density at radius 1 is 1.05 bits per heavy atom. The van der Waals surface area contributed by atoms with Crippen LogP contribution in [0.25, 0.3) is 0 Å². The molecule has 1 saturated carbocycles.